The molecule has 0 bridgehead atoms. The maximum Gasteiger partial charge on any atom is 0.180 e. The van der Waals surface area contributed by atoms with Gasteiger partial charge in [-0.2, -0.15) is 5.10 Å². The number of thiazole rings is 1. The highest BCUT2D eigenvalue weighted by atomic mass is 32.1. The van der Waals surface area contributed by atoms with Crippen molar-refractivity contribution in [2.45, 2.75) is 13.2 Å². The number of methoxy groups -OCH3 is 2. The van der Waals surface area contributed by atoms with E-state index in [0.29, 0.717) is 18.3 Å². The van der Waals surface area contributed by atoms with E-state index in [2.05, 4.69) is 10.1 Å². The van der Waals surface area contributed by atoms with Gasteiger partial charge >= 0.3 is 0 Å². The van der Waals surface area contributed by atoms with Crippen LogP contribution in [0.25, 0.3) is 11.3 Å². The molecule has 0 saturated heterocycles. The summed E-state index contributed by atoms with van der Waals surface area (Å²) in [6.45, 7) is 1.12. The summed E-state index contributed by atoms with van der Waals surface area (Å²) in [5.74, 6) is 0.838. The first-order chi connectivity index (χ1) is 11.2. The monoisotopic (exact) mass is 330 g/mol. The van der Waals surface area contributed by atoms with Crippen LogP contribution >= 0.6 is 11.3 Å². The Hall–Kier alpha value is -2.38. The number of nitrogen functional groups attached to an aromatic ring is 1. The largest absolute Gasteiger partial charge is 0.497 e. The van der Waals surface area contributed by atoms with Crippen LogP contribution in [0.3, 0.4) is 0 Å². The molecule has 7 heteroatoms. The van der Waals surface area contributed by atoms with Crippen molar-refractivity contribution >= 4 is 16.5 Å². The second-order valence-corrected chi connectivity index (χ2v) is 5.90. The topological polar surface area (TPSA) is 75.2 Å². The summed E-state index contributed by atoms with van der Waals surface area (Å²) in [5.41, 5.74) is 9.64. The van der Waals surface area contributed by atoms with Crippen LogP contribution in [0, 0.1) is 0 Å². The van der Waals surface area contributed by atoms with Crippen molar-refractivity contribution < 1.29 is 9.47 Å². The number of benzene rings is 1. The van der Waals surface area contributed by atoms with Crippen molar-refractivity contribution in [1.29, 1.82) is 0 Å². The Labute approximate surface area is 138 Å². The van der Waals surface area contributed by atoms with Gasteiger partial charge in [0.15, 0.2) is 5.13 Å². The number of nitrogens with zero attached hydrogens (tertiary/aromatic N) is 3. The standard InChI is InChI=1S/C16H18N4O2S/c1-21-9-15-13(14-10-23-16(17)19-14)7-18-20(15)8-11-3-5-12(22-2)6-4-11/h3-7,10H,8-9H2,1-2H3,(H2,17,19). The quantitative estimate of drug-likeness (QED) is 0.752. The summed E-state index contributed by atoms with van der Waals surface area (Å²) in [6.07, 6.45) is 1.81. The van der Waals surface area contributed by atoms with E-state index in [1.165, 1.54) is 11.3 Å². The Morgan fingerprint density at radius 2 is 2.00 bits per heavy atom. The molecule has 2 aromatic heterocycles. The van der Waals surface area contributed by atoms with E-state index in [-0.39, 0.29) is 0 Å². The van der Waals surface area contributed by atoms with Gasteiger partial charge in [0.05, 0.1) is 37.8 Å². The van der Waals surface area contributed by atoms with Crippen LogP contribution in [0.15, 0.2) is 35.8 Å². The zero-order chi connectivity index (χ0) is 16.2. The fourth-order valence-corrected chi connectivity index (χ4v) is 2.93. The molecule has 2 heterocycles. The molecule has 1 aromatic carbocycles. The molecular formula is C16H18N4O2S. The number of aromatic nitrogens is 3. The molecule has 0 atom stereocenters. The van der Waals surface area contributed by atoms with Crippen LogP contribution in [0.1, 0.15) is 11.3 Å². The first-order valence-electron chi connectivity index (χ1n) is 7.09. The summed E-state index contributed by atoms with van der Waals surface area (Å²) in [4.78, 5) is 4.34. The first-order valence-corrected chi connectivity index (χ1v) is 7.97. The summed E-state index contributed by atoms with van der Waals surface area (Å²) in [6, 6.07) is 7.93. The maximum atomic E-state index is 5.73. The normalized spacial score (nSPS) is 10.9. The molecule has 3 aromatic rings. The highest BCUT2D eigenvalue weighted by Crippen LogP contribution is 2.27. The minimum Gasteiger partial charge on any atom is -0.497 e. The third kappa shape index (κ3) is 3.35. The van der Waals surface area contributed by atoms with Crippen LogP contribution in [-0.4, -0.2) is 29.0 Å². The third-order valence-electron chi connectivity index (χ3n) is 3.52. The van der Waals surface area contributed by atoms with E-state index in [1.807, 2.05) is 40.5 Å². The van der Waals surface area contributed by atoms with Crippen molar-refractivity contribution in [2.24, 2.45) is 0 Å². The Morgan fingerprint density at radius 1 is 1.22 bits per heavy atom. The van der Waals surface area contributed by atoms with Crippen LogP contribution < -0.4 is 10.5 Å². The second kappa shape index (κ2) is 6.80. The summed E-state index contributed by atoms with van der Waals surface area (Å²) in [5, 5.41) is 6.97. The number of hydrogen-bond donors (Lipinski definition) is 1. The van der Waals surface area contributed by atoms with Gasteiger partial charge in [-0.25, -0.2) is 4.98 Å². The average molecular weight is 330 g/mol. The van der Waals surface area contributed by atoms with Gasteiger partial charge in [-0.3, -0.25) is 4.68 Å². The minimum absolute atomic E-state index is 0.461. The Kier molecular flexibility index (Phi) is 4.59. The van der Waals surface area contributed by atoms with E-state index in [9.17, 15) is 0 Å². The molecule has 6 nitrogen and oxygen atoms in total. The number of nitrogens with two attached hydrogens (primary N) is 1. The van der Waals surface area contributed by atoms with Crippen LogP contribution in [0.5, 0.6) is 5.75 Å². The highest BCUT2D eigenvalue weighted by Gasteiger charge is 2.15. The molecular weight excluding hydrogens is 312 g/mol. The lowest BCUT2D eigenvalue weighted by molar-refractivity contribution is 0.177. The predicted octanol–water partition coefficient (Wildman–Crippen LogP) is 2.79. The van der Waals surface area contributed by atoms with Crippen molar-refractivity contribution in [3.63, 3.8) is 0 Å². The maximum absolute atomic E-state index is 5.73. The lowest BCUT2D eigenvalue weighted by Gasteiger charge is -2.09. The third-order valence-corrected chi connectivity index (χ3v) is 4.19. The van der Waals surface area contributed by atoms with Crippen molar-refractivity contribution in [3.8, 4) is 17.0 Å². The summed E-state index contributed by atoms with van der Waals surface area (Å²) >= 11 is 1.42. The molecule has 0 unspecified atom stereocenters. The summed E-state index contributed by atoms with van der Waals surface area (Å²) < 4.78 is 12.4. The van der Waals surface area contributed by atoms with Gasteiger partial charge in [-0.1, -0.05) is 12.1 Å². The van der Waals surface area contributed by atoms with Crippen LogP contribution in [-0.2, 0) is 17.9 Å². The fraction of sp³-hybridized carbons (Fsp3) is 0.250. The van der Waals surface area contributed by atoms with Gasteiger partial charge in [-0.05, 0) is 17.7 Å². The predicted molar refractivity (Wildman–Crippen MR) is 90.6 cm³/mol. The molecule has 0 aliphatic rings. The first kappa shape index (κ1) is 15.5. The van der Waals surface area contributed by atoms with Crippen molar-refractivity contribution in [3.05, 3.63) is 47.1 Å². The molecule has 0 aliphatic heterocycles. The molecule has 0 aliphatic carbocycles. The van der Waals surface area contributed by atoms with Gasteiger partial charge in [0, 0.05) is 18.1 Å². The van der Waals surface area contributed by atoms with Gasteiger partial charge in [0.2, 0.25) is 0 Å². The number of rotatable bonds is 6. The van der Waals surface area contributed by atoms with E-state index in [0.717, 1.165) is 28.3 Å². The molecule has 3 rings (SSSR count). The van der Waals surface area contributed by atoms with E-state index >= 15 is 0 Å². The van der Waals surface area contributed by atoms with Crippen molar-refractivity contribution in [2.75, 3.05) is 20.0 Å². The molecule has 0 amide bonds. The number of ether oxygens (including phenoxy) is 2. The van der Waals surface area contributed by atoms with Gasteiger partial charge in [-0.15, -0.1) is 11.3 Å². The Bertz CT molecular complexity index is 780. The molecule has 2 N–H and O–H groups in total. The zero-order valence-electron chi connectivity index (χ0n) is 13.0. The van der Waals surface area contributed by atoms with E-state index in [4.69, 9.17) is 15.2 Å². The lowest BCUT2D eigenvalue weighted by atomic mass is 10.2. The highest BCUT2D eigenvalue weighted by molar-refractivity contribution is 7.13. The molecule has 0 radical (unpaired) electrons. The van der Waals surface area contributed by atoms with Crippen molar-refractivity contribution in [1.82, 2.24) is 14.8 Å². The number of hydrogen-bond acceptors (Lipinski definition) is 6. The Balaban J connectivity index is 1.90. The minimum atomic E-state index is 0.461. The summed E-state index contributed by atoms with van der Waals surface area (Å²) in [7, 11) is 3.33. The van der Waals surface area contributed by atoms with Gasteiger partial charge < -0.3 is 15.2 Å². The molecule has 0 spiro atoms. The molecule has 0 saturated carbocycles. The smallest absolute Gasteiger partial charge is 0.180 e. The molecule has 120 valence electrons. The van der Waals surface area contributed by atoms with E-state index in [1.54, 1.807) is 14.2 Å². The lowest BCUT2D eigenvalue weighted by Crippen LogP contribution is -2.07. The molecule has 0 fully saturated rings. The van der Waals surface area contributed by atoms with Gasteiger partial charge in [0.25, 0.3) is 0 Å². The zero-order valence-corrected chi connectivity index (χ0v) is 13.8. The second-order valence-electron chi connectivity index (χ2n) is 5.01. The molecule has 23 heavy (non-hydrogen) atoms. The number of anilines is 1. The van der Waals surface area contributed by atoms with Crippen LogP contribution in [0.4, 0.5) is 5.13 Å². The van der Waals surface area contributed by atoms with Gasteiger partial charge in [0.1, 0.15) is 5.75 Å². The van der Waals surface area contributed by atoms with E-state index < -0.39 is 0 Å². The van der Waals surface area contributed by atoms with Crippen LogP contribution in [0.2, 0.25) is 0 Å². The SMILES string of the molecule is COCc1c(-c2csc(N)n2)cnn1Cc1ccc(OC)cc1. The average Bonchev–Trinajstić information content (AvgIpc) is 3.15. The Morgan fingerprint density at radius 3 is 2.61 bits per heavy atom. The fourth-order valence-electron chi connectivity index (χ4n) is 2.37.